The quantitative estimate of drug-likeness (QED) is 0.375. The van der Waals surface area contributed by atoms with Gasteiger partial charge in [0.15, 0.2) is 5.65 Å². The largest absolute Gasteiger partial charge is 0.304 e. The van der Waals surface area contributed by atoms with Crippen molar-refractivity contribution in [1.29, 1.82) is 5.26 Å². The first-order chi connectivity index (χ1) is 17.4. The van der Waals surface area contributed by atoms with Gasteiger partial charge in [0.05, 0.1) is 17.8 Å². The van der Waals surface area contributed by atoms with E-state index in [2.05, 4.69) is 37.9 Å². The Morgan fingerprint density at radius 2 is 1.84 bits per heavy atom. The van der Waals surface area contributed by atoms with Crippen molar-refractivity contribution in [2.45, 2.75) is 45.4 Å². The number of hydrogen-bond acceptors (Lipinski definition) is 7. The highest BCUT2D eigenvalue weighted by Crippen LogP contribution is 2.31. The number of likely N-dealkylation sites (tertiary alicyclic amines) is 2. The van der Waals surface area contributed by atoms with Gasteiger partial charge in [-0.2, -0.15) is 32.3 Å². The maximum atomic E-state index is 15.4. The fraction of sp³-hybridized carbons (Fsp3) is 0.370. The number of imidazole rings is 1. The molecule has 2 unspecified atom stereocenters. The zero-order valence-corrected chi connectivity index (χ0v) is 23.6. The molecule has 1 aromatic carbocycles. The third kappa shape index (κ3) is 5.01. The first-order valence-electron chi connectivity index (χ1n) is 12.2. The summed E-state index contributed by atoms with van der Waals surface area (Å²) in [6, 6.07) is 10.6. The van der Waals surface area contributed by atoms with Crippen molar-refractivity contribution in [2.24, 2.45) is 0 Å². The van der Waals surface area contributed by atoms with Crippen LogP contribution in [-0.2, 0) is 13.1 Å². The summed E-state index contributed by atoms with van der Waals surface area (Å²) in [6.07, 6.45) is 4.37. The maximum absolute atomic E-state index is 15.4. The number of rotatable bonds is 5. The Bertz CT molecular complexity index is 1530. The molecule has 38 heavy (non-hydrogen) atoms. The summed E-state index contributed by atoms with van der Waals surface area (Å²) in [5.74, 6) is 0.962. The van der Waals surface area contributed by atoms with E-state index in [9.17, 15) is 5.26 Å². The summed E-state index contributed by atoms with van der Waals surface area (Å²) in [7, 11) is 2.19. The van der Waals surface area contributed by atoms with Gasteiger partial charge in [0, 0.05) is 55.2 Å². The van der Waals surface area contributed by atoms with Crippen LogP contribution in [0.5, 0.6) is 0 Å². The van der Waals surface area contributed by atoms with Gasteiger partial charge >= 0.3 is 0 Å². The fourth-order valence-corrected chi connectivity index (χ4v) is 5.63. The predicted molar refractivity (Wildman–Crippen MR) is 154 cm³/mol. The van der Waals surface area contributed by atoms with Crippen LogP contribution in [-0.4, -0.2) is 66.5 Å². The van der Waals surface area contributed by atoms with Crippen molar-refractivity contribution in [3.63, 3.8) is 0 Å². The molecule has 198 valence electrons. The smallest absolute Gasteiger partial charge is 0.164 e. The molecular formula is C27H31FN8S2. The highest BCUT2D eigenvalue weighted by Gasteiger charge is 2.41. The van der Waals surface area contributed by atoms with Crippen LogP contribution >= 0.6 is 27.0 Å². The lowest BCUT2D eigenvalue weighted by Gasteiger charge is -2.31. The van der Waals surface area contributed by atoms with Gasteiger partial charge in [0.1, 0.15) is 29.1 Å². The van der Waals surface area contributed by atoms with E-state index in [4.69, 9.17) is 4.98 Å². The number of halogens is 1. The van der Waals surface area contributed by atoms with Gasteiger partial charge in [-0.15, -0.1) is 0 Å². The predicted octanol–water partition coefficient (Wildman–Crippen LogP) is 3.68. The Labute approximate surface area is 235 Å². The minimum Gasteiger partial charge on any atom is -0.304 e. The van der Waals surface area contributed by atoms with Crippen LogP contribution in [0.1, 0.15) is 34.6 Å². The number of pyridine rings is 1. The summed E-state index contributed by atoms with van der Waals surface area (Å²) in [4.78, 5) is 23.0. The van der Waals surface area contributed by atoms with Crippen LogP contribution in [0.4, 0.5) is 4.39 Å². The number of piperazine rings is 1. The zero-order valence-electron chi connectivity index (χ0n) is 21.6. The van der Waals surface area contributed by atoms with Crippen LogP contribution in [0.2, 0.25) is 0 Å². The van der Waals surface area contributed by atoms with Crippen LogP contribution in [0.15, 0.2) is 36.7 Å². The van der Waals surface area contributed by atoms with Gasteiger partial charge in [-0.25, -0.2) is 19.3 Å². The van der Waals surface area contributed by atoms with Crippen molar-refractivity contribution in [3.05, 3.63) is 70.7 Å². The number of benzene rings is 1. The molecule has 2 saturated heterocycles. The highest BCUT2D eigenvalue weighted by molar-refractivity contribution is 7.59. The van der Waals surface area contributed by atoms with Crippen LogP contribution in [0.3, 0.4) is 0 Å². The summed E-state index contributed by atoms with van der Waals surface area (Å²) in [6.45, 7) is 6.88. The van der Waals surface area contributed by atoms with Crippen molar-refractivity contribution >= 4 is 38.2 Å². The molecule has 2 fully saturated rings. The molecule has 6 rings (SSSR count). The van der Waals surface area contributed by atoms with E-state index in [-0.39, 0.29) is 39.4 Å². The average Bonchev–Trinajstić information content (AvgIpc) is 3.53. The van der Waals surface area contributed by atoms with Crippen LogP contribution in [0, 0.1) is 31.0 Å². The molecule has 2 atom stereocenters. The number of hydrogen-bond donors (Lipinski definition) is 0. The van der Waals surface area contributed by atoms with Gasteiger partial charge < -0.3 is 9.47 Å². The van der Waals surface area contributed by atoms with E-state index in [1.54, 1.807) is 18.3 Å². The van der Waals surface area contributed by atoms with Gasteiger partial charge in [-0.1, -0.05) is 12.1 Å². The second-order valence-electron chi connectivity index (χ2n) is 9.96. The molecule has 5 heterocycles. The number of nitriles is 1. The number of aryl methyl sites for hydroxylation is 2. The lowest BCUT2D eigenvalue weighted by atomic mass is 10.1. The van der Waals surface area contributed by atoms with Gasteiger partial charge in [0.2, 0.25) is 0 Å². The minimum atomic E-state index is -0.242. The van der Waals surface area contributed by atoms with Crippen molar-refractivity contribution in [2.75, 3.05) is 20.1 Å². The van der Waals surface area contributed by atoms with E-state index in [0.29, 0.717) is 51.6 Å². The lowest BCUT2D eigenvalue weighted by molar-refractivity contribution is 0.143. The molecule has 0 amide bonds. The Morgan fingerprint density at radius 1 is 1.03 bits per heavy atom. The molecule has 0 aliphatic carbocycles. The third-order valence-corrected chi connectivity index (χ3v) is 7.47. The molecule has 8 nitrogen and oxygen atoms in total. The number of aromatic nitrogens is 5. The third-order valence-electron chi connectivity index (χ3n) is 7.47. The average molecular weight is 551 g/mol. The van der Waals surface area contributed by atoms with Crippen LogP contribution in [0.25, 0.3) is 22.6 Å². The zero-order chi connectivity index (χ0) is 25.0. The molecule has 2 aliphatic heterocycles. The molecule has 0 spiro atoms. The minimum absolute atomic E-state index is 0. The topological polar surface area (TPSA) is 86.8 Å². The molecule has 2 aliphatic rings. The fourth-order valence-electron chi connectivity index (χ4n) is 5.63. The van der Waals surface area contributed by atoms with Gasteiger partial charge in [-0.3, -0.25) is 9.88 Å². The second-order valence-corrected chi connectivity index (χ2v) is 9.96. The molecule has 0 saturated carbocycles. The molecule has 3 aromatic heterocycles. The molecule has 0 radical (unpaired) electrons. The molecule has 0 N–H and O–H groups in total. The maximum Gasteiger partial charge on any atom is 0.164 e. The number of fused-ring (bicyclic) bond motifs is 3. The van der Waals surface area contributed by atoms with E-state index < -0.39 is 0 Å². The molecule has 4 aromatic rings. The van der Waals surface area contributed by atoms with Crippen LogP contribution < -0.4 is 0 Å². The van der Waals surface area contributed by atoms with E-state index >= 15 is 4.39 Å². The monoisotopic (exact) mass is 550 g/mol. The Hall–Kier alpha value is -3.04. The normalized spacial score (nSPS) is 18.8. The summed E-state index contributed by atoms with van der Waals surface area (Å²) in [5.41, 5.74) is 4.70. The molecular weight excluding hydrogens is 519 g/mol. The standard InChI is InChI=1S/C27H27FN8.2H2S/c1-16-25-27(32-17(2)31-16)36(26(33-25)21-6-19(9-29)10-30-11-21)13-20-5-4-18(7-24(20)28)12-35-15-22-8-23(35)14-34(22)3;;/h4-7,10-11,22-23H,8,12-15H2,1-3H3;2*1H2. The highest BCUT2D eigenvalue weighted by atomic mass is 32.1. The van der Waals surface area contributed by atoms with Crippen molar-refractivity contribution < 1.29 is 4.39 Å². The van der Waals surface area contributed by atoms with Crippen molar-refractivity contribution in [1.82, 2.24) is 34.3 Å². The van der Waals surface area contributed by atoms with Gasteiger partial charge in [-0.05, 0) is 45.0 Å². The first kappa shape index (κ1) is 28.0. The lowest BCUT2D eigenvalue weighted by Crippen LogP contribution is -2.43. The Balaban J connectivity index is 0.00000168. The summed E-state index contributed by atoms with van der Waals surface area (Å²) >= 11 is 0. The molecule has 11 heteroatoms. The van der Waals surface area contributed by atoms with E-state index in [1.807, 2.05) is 30.5 Å². The SMILES string of the molecule is Cc1nc(C)c2nc(-c3cncc(C#N)c3)n(Cc3ccc(CN4CC5CC4CN5C)cc3F)c2n1.S.S. The molecule has 2 bridgehead atoms. The van der Waals surface area contributed by atoms with E-state index in [0.717, 1.165) is 30.9 Å². The second kappa shape index (κ2) is 11.0. The first-order valence-corrected chi connectivity index (χ1v) is 12.2. The van der Waals surface area contributed by atoms with Crippen molar-refractivity contribution in [3.8, 4) is 17.5 Å². The van der Waals surface area contributed by atoms with Gasteiger partial charge in [0.25, 0.3) is 0 Å². The summed E-state index contributed by atoms with van der Waals surface area (Å²) in [5, 5.41) is 9.35. The summed E-state index contributed by atoms with van der Waals surface area (Å²) < 4.78 is 17.3. The number of likely N-dealkylation sites (N-methyl/N-ethyl adjacent to an activating group) is 1. The Morgan fingerprint density at radius 3 is 2.53 bits per heavy atom. The number of nitrogens with zero attached hydrogens (tertiary/aromatic N) is 8. The Kier molecular flexibility index (Phi) is 8.09. The van der Waals surface area contributed by atoms with E-state index in [1.165, 1.54) is 12.6 Å².